The van der Waals surface area contributed by atoms with Gasteiger partial charge in [-0.25, -0.2) is 8.78 Å². The number of ether oxygens (including phenoxy) is 1. The number of likely N-dealkylation sites (tertiary alicyclic amines) is 2. The van der Waals surface area contributed by atoms with Gasteiger partial charge in [0.15, 0.2) is 0 Å². The van der Waals surface area contributed by atoms with Crippen LogP contribution in [0.1, 0.15) is 70.6 Å². The van der Waals surface area contributed by atoms with E-state index in [1.807, 2.05) is 0 Å². The fourth-order valence-electron chi connectivity index (χ4n) is 8.48. The first-order valence-corrected chi connectivity index (χ1v) is 16.3. The van der Waals surface area contributed by atoms with Crippen LogP contribution in [-0.4, -0.2) is 117 Å². The topological polar surface area (TPSA) is 121 Å². The number of nitrogens with zero attached hydrogens (tertiary/aromatic N) is 2. The summed E-state index contributed by atoms with van der Waals surface area (Å²) >= 11 is 0. The summed E-state index contributed by atoms with van der Waals surface area (Å²) in [6.07, 6.45) is 8.11. The van der Waals surface area contributed by atoms with Crippen molar-refractivity contribution in [2.24, 2.45) is 22.8 Å². The van der Waals surface area contributed by atoms with Crippen molar-refractivity contribution in [3.63, 3.8) is 0 Å². The maximum Gasteiger partial charge on any atom is 0.227 e. The van der Waals surface area contributed by atoms with Gasteiger partial charge < -0.3 is 37.1 Å². The highest BCUT2D eigenvalue weighted by atomic mass is 19.1. The Balaban J connectivity index is 1.23. The number of carbonyl (C=O) groups excluding carboxylic acids is 1. The van der Waals surface area contributed by atoms with Gasteiger partial charge in [0, 0.05) is 51.9 Å². The van der Waals surface area contributed by atoms with Gasteiger partial charge >= 0.3 is 0 Å². The van der Waals surface area contributed by atoms with Crippen LogP contribution in [0.3, 0.4) is 0 Å². The van der Waals surface area contributed by atoms with Gasteiger partial charge in [0.25, 0.3) is 0 Å². The number of alkyl halides is 2. The molecule has 4 aliphatic heterocycles. The van der Waals surface area contributed by atoms with E-state index in [1.165, 1.54) is 6.42 Å². The third-order valence-corrected chi connectivity index (χ3v) is 10.8. The summed E-state index contributed by atoms with van der Waals surface area (Å²) in [5.41, 5.74) is 12.6. The van der Waals surface area contributed by atoms with Crippen molar-refractivity contribution < 1.29 is 18.3 Å². The summed E-state index contributed by atoms with van der Waals surface area (Å²) in [6.45, 7) is 4.50. The lowest BCUT2D eigenvalue weighted by atomic mass is 9.65. The molecule has 9 nitrogen and oxygen atoms in total. The van der Waals surface area contributed by atoms with E-state index >= 15 is 4.39 Å². The Morgan fingerprint density at radius 1 is 0.976 bits per heavy atom. The predicted octanol–water partition coefficient (Wildman–Crippen LogP) is 1.26. The number of piperidine rings is 2. The Labute approximate surface area is 245 Å². The molecule has 5 aliphatic rings. The second-order valence-electron chi connectivity index (χ2n) is 13.8. The third kappa shape index (κ3) is 7.96. The molecule has 4 heterocycles. The molecule has 5 rings (SSSR count). The summed E-state index contributed by atoms with van der Waals surface area (Å²) in [5, 5.41) is 9.69. The Morgan fingerprint density at radius 2 is 1.71 bits per heavy atom. The van der Waals surface area contributed by atoms with E-state index in [1.54, 1.807) is 0 Å². The van der Waals surface area contributed by atoms with Gasteiger partial charge in [0.1, 0.15) is 12.3 Å². The lowest BCUT2D eigenvalue weighted by molar-refractivity contribution is -0.129. The maximum atomic E-state index is 15.5. The molecule has 0 aromatic rings. The molecule has 4 saturated heterocycles. The van der Waals surface area contributed by atoms with E-state index < -0.39 is 36.5 Å². The number of likely N-dealkylation sites (N-methyl/N-ethyl adjacent to an activating group) is 1. The Bertz CT molecular complexity index is 840. The van der Waals surface area contributed by atoms with Gasteiger partial charge in [-0.15, -0.1) is 0 Å². The van der Waals surface area contributed by atoms with Crippen LogP contribution >= 0.6 is 0 Å². The molecule has 0 aromatic heterocycles. The number of hydrogen-bond donors (Lipinski definition) is 5. The summed E-state index contributed by atoms with van der Waals surface area (Å²) in [5.74, 6) is -0.975. The van der Waals surface area contributed by atoms with E-state index in [4.69, 9.17) is 16.2 Å². The van der Waals surface area contributed by atoms with Crippen LogP contribution in [0, 0.1) is 11.3 Å². The molecule has 1 spiro atoms. The molecule has 1 aliphatic carbocycles. The predicted molar refractivity (Wildman–Crippen MR) is 157 cm³/mol. The largest absolute Gasteiger partial charge is 0.374 e. The number of hydrogen-bond acceptors (Lipinski definition) is 8. The number of amides is 1. The molecular formula is C30H55F2N7O2. The molecule has 236 valence electrons. The van der Waals surface area contributed by atoms with Crippen molar-refractivity contribution in [1.29, 1.82) is 0 Å². The minimum absolute atomic E-state index is 0.0212. The van der Waals surface area contributed by atoms with Crippen LogP contribution in [0.4, 0.5) is 8.78 Å². The van der Waals surface area contributed by atoms with Crippen LogP contribution in [0.15, 0.2) is 0 Å². The average Bonchev–Trinajstić information content (AvgIpc) is 3.35. The highest BCUT2D eigenvalue weighted by Gasteiger charge is 2.45. The monoisotopic (exact) mass is 583 g/mol. The first kappa shape index (κ1) is 31.5. The SMILES string of the molecule is CN1CC[C@@H](OC2CCN(C3C(F)CNCC3NC(=O)C(C(N)N)C3CC4(CCCCC4)CCC(F)CN3)CC2)C1. The van der Waals surface area contributed by atoms with E-state index in [-0.39, 0.29) is 42.7 Å². The molecule has 5 fully saturated rings. The van der Waals surface area contributed by atoms with Crippen LogP contribution in [0.2, 0.25) is 0 Å². The molecule has 0 radical (unpaired) electrons. The quantitative estimate of drug-likeness (QED) is 0.284. The number of nitrogens with one attached hydrogen (secondary N) is 3. The zero-order chi connectivity index (χ0) is 29.0. The van der Waals surface area contributed by atoms with Crippen molar-refractivity contribution in [2.75, 3.05) is 52.9 Å². The smallest absolute Gasteiger partial charge is 0.227 e. The van der Waals surface area contributed by atoms with Crippen molar-refractivity contribution in [1.82, 2.24) is 25.8 Å². The molecule has 6 unspecified atom stereocenters. The first-order chi connectivity index (χ1) is 19.7. The van der Waals surface area contributed by atoms with E-state index in [9.17, 15) is 9.18 Å². The van der Waals surface area contributed by atoms with E-state index in [0.717, 1.165) is 84.0 Å². The summed E-state index contributed by atoms with van der Waals surface area (Å²) in [4.78, 5) is 18.4. The molecule has 0 bridgehead atoms. The standard InChI is InChI=1S/C30H55F2N7O2/c1-38-12-6-22(19-38)41-21-7-13-39(14-8-21)27-23(32)17-35-18-25(27)37-29(40)26(28(33)34)24-15-30(9-3-2-4-10-30)11-5-20(31)16-36-24/h20-28,35-36H,2-19,33-34H2,1H3,(H,37,40)/t20?,22-,23?,24?,25?,26?,27?/m1/s1. The molecule has 1 amide bonds. The normalized spacial score (nSPS) is 37.1. The molecule has 0 aromatic carbocycles. The Morgan fingerprint density at radius 3 is 2.39 bits per heavy atom. The van der Waals surface area contributed by atoms with Crippen molar-refractivity contribution in [2.45, 2.75) is 119 Å². The van der Waals surface area contributed by atoms with Gasteiger partial charge in [-0.1, -0.05) is 19.3 Å². The van der Waals surface area contributed by atoms with Crippen molar-refractivity contribution in [3.8, 4) is 0 Å². The Hall–Kier alpha value is -0.950. The first-order valence-electron chi connectivity index (χ1n) is 16.3. The summed E-state index contributed by atoms with van der Waals surface area (Å²) < 4.78 is 36.6. The summed E-state index contributed by atoms with van der Waals surface area (Å²) in [6, 6.07) is -1.14. The molecular weight excluding hydrogens is 528 g/mol. The van der Waals surface area contributed by atoms with Crippen LogP contribution in [0.25, 0.3) is 0 Å². The fraction of sp³-hybridized carbons (Fsp3) is 0.967. The fourth-order valence-corrected chi connectivity index (χ4v) is 8.48. The van der Waals surface area contributed by atoms with E-state index in [2.05, 4.69) is 32.8 Å². The second-order valence-corrected chi connectivity index (χ2v) is 13.8. The van der Waals surface area contributed by atoms with Crippen molar-refractivity contribution in [3.05, 3.63) is 0 Å². The van der Waals surface area contributed by atoms with Gasteiger partial charge in [-0.2, -0.15) is 0 Å². The summed E-state index contributed by atoms with van der Waals surface area (Å²) in [7, 11) is 2.13. The minimum atomic E-state index is -1.10. The van der Waals surface area contributed by atoms with Gasteiger partial charge in [0.2, 0.25) is 5.91 Å². The minimum Gasteiger partial charge on any atom is -0.374 e. The number of halogens is 2. The zero-order valence-corrected chi connectivity index (χ0v) is 25.0. The molecule has 1 saturated carbocycles. The Kier molecular flexibility index (Phi) is 10.9. The highest BCUT2D eigenvalue weighted by Crippen LogP contribution is 2.46. The lowest BCUT2D eigenvalue weighted by Gasteiger charge is -2.46. The van der Waals surface area contributed by atoms with Crippen molar-refractivity contribution >= 4 is 5.91 Å². The molecule has 11 heteroatoms. The van der Waals surface area contributed by atoms with Crippen LogP contribution in [0.5, 0.6) is 0 Å². The maximum absolute atomic E-state index is 15.5. The van der Waals surface area contributed by atoms with E-state index in [0.29, 0.717) is 13.0 Å². The number of rotatable bonds is 7. The zero-order valence-electron chi connectivity index (χ0n) is 25.0. The number of carbonyl (C=O) groups is 1. The molecule has 7 atom stereocenters. The highest BCUT2D eigenvalue weighted by molar-refractivity contribution is 5.80. The lowest BCUT2D eigenvalue weighted by Crippen LogP contribution is -2.68. The van der Waals surface area contributed by atoms with Crippen LogP contribution in [-0.2, 0) is 9.53 Å². The number of nitrogens with two attached hydrogens (primary N) is 2. The van der Waals surface area contributed by atoms with Gasteiger partial charge in [-0.3, -0.25) is 9.69 Å². The average molecular weight is 584 g/mol. The van der Waals surface area contributed by atoms with Gasteiger partial charge in [0.05, 0.1) is 36.4 Å². The molecule has 7 N–H and O–H groups in total. The molecule has 41 heavy (non-hydrogen) atoms. The van der Waals surface area contributed by atoms with Gasteiger partial charge in [-0.05, 0) is 63.8 Å². The van der Waals surface area contributed by atoms with Crippen LogP contribution < -0.4 is 27.4 Å². The third-order valence-electron chi connectivity index (χ3n) is 10.8. The second kappa shape index (κ2) is 14.2.